The third-order valence-electron chi connectivity index (χ3n) is 0.756. The molecule has 0 bridgehead atoms. The summed E-state index contributed by atoms with van der Waals surface area (Å²) in [5, 5.41) is 27.3. The van der Waals surface area contributed by atoms with Gasteiger partial charge in [-0.15, -0.1) is 5.26 Å². The second-order valence-electron chi connectivity index (χ2n) is 1.46. The summed E-state index contributed by atoms with van der Waals surface area (Å²) in [4.78, 5) is 27.0. The minimum atomic E-state index is -2.73. The number of nitro groups is 2. The van der Waals surface area contributed by atoms with Crippen molar-refractivity contribution in [2.45, 2.75) is 13.6 Å². The molecule has 0 aliphatic rings. The highest BCUT2D eigenvalue weighted by molar-refractivity contribution is 5.73. The third kappa shape index (κ3) is 3.61. The molecule has 0 rings (SSSR count). The zero-order chi connectivity index (χ0) is 9.72. The van der Waals surface area contributed by atoms with Crippen LogP contribution in [0.25, 0.3) is 0 Å². The Morgan fingerprint density at radius 3 is 2.00 bits per heavy atom. The van der Waals surface area contributed by atoms with Gasteiger partial charge in [0.15, 0.2) is 0 Å². The number of hydrogen-bond donors (Lipinski definition) is 0. The summed E-state index contributed by atoms with van der Waals surface area (Å²) >= 11 is 0. The number of carbonyl (C=O) groups excluding carboxylic acids is 1. The molecular weight excluding hydrogens is 186 g/mol. The van der Waals surface area contributed by atoms with Crippen LogP contribution in [-0.4, -0.2) is 22.0 Å². The highest BCUT2D eigenvalue weighted by Crippen LogP contribution is 1.94. The molecule has 0 atom stereocenters. The lowest BCUT2D eigenvalue weighted by Gasteiger charge is -1.95. The second kappa shape index (κ2) is 5.42. The maximum absolute atomic E-state index is 10.3. The number of esters is 1. The lowest BCUT2D eigenvalue weighted by Crippen LogP contribution is -2.37. The third-order valence-corrected chi connectivity index (χ3v) is 0.756. The monoisotopic (exact) mass is 191 g/mol. The van der Waals surface area contributed by atoms with Crippen molar-refractivity contribution in [3.63, 3.8) is 0 Å². The van der Waals surface area contributed by atoms with E-state index in [0.717, 1.165) is 6.26 Å². The number of hydrogen-bond acceptors (Lipinski definition) is 7. The van der Waals surface area contributed by atoms with Gasteiger partial charge in [0, 0.05) is 0 Å². The zero-order valence-electron chi connectivity index (χ0n) is 5.37. The molecule has 0 amide bonds. The van der Waals surface area contributed by atoms with Gasteiger partial charge in [0.05, 0.1) is 0 Å². The number of ether oxygens (including phenoxy) is 1. The first-order valence-corrected chi connectivity index (χ1v) is 2.37. The van der Waals surface area contributed by atoms with Crippen LogP contribution in [0.3, 0.4) is 0 Å². The fourth-order valence-electron chi connectivity index (χ4n) is 0.347. The predicted molar refractivity (Wildman–Crippen MR) is 36.2 cm³/mol. The maximum atomic E-state index is 10.3. The van der Waals surface area contributed by atoms with Gasteiger partial charge in [-0.1, -0.05) is 7.43 Å². The Morgan fingerprint density at radius 1 is 1.38 bits per heavy atom. The van der Waals surface area contributed by atoms with E-state index in [0.29, 0.717) is 0 Å². The maximum Gasteiger partial charge on any atom is 0.546 e. The van der Waals surface area contributed by atoms with Crippen LogP contribution in [0.15, 0.2) is 0 Å². The van der Waals surface area contributed by atoms with E-state index >= 15 is 0 Å². The van der Waals surface area contributed by atoms with Crippen molar-refractivity contribution in [2.75, 3.05) is 0 Å². The SMILES string of the molecule is C.N#COC(=O)C([N+](=O)[O-])[N+](=O)[O-]. The molecule has 0 heterocycles. The molecule has 9 nitrogen and oxygen atoms in total. The Labute approximate surface area is 71.8 Å². The highest BCUT2D eigenvalue weighted by atomic mass is 16.7. The van der Waals surface area contributed by atoms with Crippen LogP contribution in [0.1, 0.15) is 7.43 Å². The van der Waals surface area contributed by atoms with Crippen LogP contribution in [0, 0.1) is 31.7 Å². The lowest BCUT2D eigenvalue weighted by molar-refractivity contribution is -0.725. The Kier molecular flexibility index (Phi) is 5.56. The van der Waals surface area contributed by atoms with Crippen LogP contribution < -0.4 is 0 Å². The van der Waals surface area contributed by atoms with Gasteiger partial charge in [-0.3, -0.25) is 20.2 Å². The van der Waals surface area contributed by atoms with Gasteiger partial charge in [0.25, 0.3) is 6.26 Å². The van der Waals surface area contributed by atoms with Crippen LogP contribution in [0.2, 0.25) is 0 Å². The molecule has 0 unspecified atom stereocenters. The van der Waals surface area contributed by atoms with E-state index in [9.17, 15) is 25.0 Å². The summed E-state index contributed by atoms with van der Waals surface area (Å²) in [7, 11) is 0. The molecule has 0 radical (unpaired) electrons. The topological polar surface area (TPSA) is 136 Å². The van der Waals surface area contributed by atoms with E-state index in [4.69, 9.17) is 5.26 Å². The van der Waals surface area contributed by atoms with Crippen LogP contribution in [0.4, 0.5) is 0 Å². The van der Waals surface area contributed by atoms with Crippen molar-refractivity contribution in [3.8, 4) is 6.26 Å². The summed E-state index contributed by atoms with van der Waals surface area (Å²) in [5.74, 6) is -1.81. The molecule has 0 aromatic heterocycles. The fraction of sp³-hybridized carbons (Fsp3) is 0.500. The minimum Gasteiger partial charge on any atom is -0.340 e. The molecule has 0 aromatic carbocycles. The predicted octanol–water partition coefficient (Wildman–Crippen LogP) is -0.474. The Hall–Kier alpha value is -2.24. The normalized spacial score (nSPS) is 8.00. The van der Waals surface area contributed by atoms with Crippen LogP contribution in [0.5, 0.6) is 0 Å². The van der Waals surface area contributed by atoms with Gasteiger partial charge in [0.1, 0.15) is 9.85 Å². The zero-order valence-corrected chi connectivity index (χ0v) is 5.37. The highest BCUT2D eigenvalue weighted by Gasteiger charge is 2.44. The molecule has 0 fully saturated rings. The molecule has 9 heteroatoms. The van der Waals surface area contributed by atoms with Gasteiger partial charge in [-0.2, -0.15) is 0 Å². The van der Waals surface area contributed by atoms with E-state index in [1.54, 1.807) is 0 Å². The summed E-state index contributed by atoms with van der Waals surface area (Å²) in [6.07, 6.45) is -1.93. The largest absolute Gasteiger partial charge is 0.546 e. The molecule has 0 spiro atoms. The first-order valence-electron chi connectivity index (χ1n) is 2.37. The number of nitrogens with zero attached hydrogens (tertiary/aromatic N) is 3. The van der Waals surface area contributed by atoms with E-state index in [1.165, 1.54) is 0 Å². The molecule has 0 N–H and O–H groups in total. The second-order valence-corrected chi connectivity index (χ2v) is 1.46. The van der Waals surface area contributed by atoms with Crippen molar-refractivity contribution < 1.29 is 19.4 Å². The van der Waals surface area contributed by atoms with Gasteiger partial charge in [-0.25, -0.2) is 4.79 Å². The summed E-state index contributed by atoms with van der Waals surface area (Å²) in [6.45, 7) is 0. The Morgan fingerprint density at radius 2 is 1.77 bits per heavy atom. The Bertz CT molecular complexity index is 254. The quantitative estimate of drug-likeness (QED) is 0.193. The van der Waals surface area contributed by atoms with Crippen LogP contribution in [-0.2, 0) is 9.53 Å². The molecular formula is C4H5N3O6. The molecule has 0 aliphatic carbocycles. The summed E-state index contributed by atoms with van der Waals surface area (Å²) < 4.78 is 3.41. The van der Waals surface area contributed by atoms with Crippen molar-refractivity contribution >= 4 is 5.97 Å². The number of nitriles is 1. The molecule has 13 heavy (non-hydrogen) atoms. The first kappa shape index (κ1) is 13.4. The molecule has 0 aliphatic heterocycles. The fourth-order valence-corrected chi connectivity index (χ4v) is 0.347. The average molecular weight is 191 g/mol. The molecule has 72 valence electrons. The van der Waals surface area contributed by atoms with E-state index < -0.39 is 22.0 Å². The van der Waals surface area contributed by atoms with E-state index in [-0.39, 0.29) is 7.43 Å². The molecule has 0 saturated carbocycles. The lowest BCUT2D eigenvalue weighted by atomic mass is 10.5. The van der Waals surface area contributed by atoms with Gasteiger partial charge < -0.3 is 4.74 Å². The number of rotatable bonds is 3. The van der Waals surface area contributed by atoms with Gasteiger partial charge in [0.2, 0.25) is 0 Å². The average Bonchev–Trinajstić information content (AvgIpc) is 1.85. The Balaban J connectivity index is 0. The standard InChI is InChI=1S/C3HN3O6.CH4/c4-1-12-3(7)2(5(8)9)6(10)11;/h2H;1H4. The molecule has 0 saturated heterocycles. The minimum absolute atomic E-state index is 0. The summed E-state index contributed by atoms with van der Waals surface area (Å²) in [5.41, 5.74) is 0. The van der Waals surface area contributed by atoms with Crippen molar-refractivity contribution in [1.82, 2.24) is 0 Å². The smallest absolute Gasteiger partial charge is 0.340 e. The van der Waals surface area contributed by atoms with Gasteiger partial charge >= 0.3 is 12.1 Å². The van der Waals surface area contributed by atoms with E-state index in [1.807, 2.05) is 0 Å². The summed E-state index contributed by atoms with van der Waals surface area (Å²) in [6, 6.07) is 0. The molecule has 0 aromatic rings. The van der Waals surface area contributed by atoms with Gasteiger partial charge in [-0.05, 0) is 0 Å². The van der Waals surface area contributed by atoms with Crippen LogP contribution >= 0.6 is 0 Å². The van der Waals surface area contributed by atoms with Crippen molar-refractivity contribution in [3.05, 3.63) is 20.2 Å². The number of carbonyl (C=O) groups is 1. The first-order chi connectivity index (χ1) is 5.50. The van der Waals surface area contributed by atoms with E-state index in [2.05, 4.69) is 4.74 Å². The van der Waals surface area contributed by atoms with Crippen molar-refractivity contribution in [2.24, 2.45) is 0 Å². The van der Waals surface area contributed by atoms with Crippen molar-refractivity contribution in [1.29, 1.82) is 5.26 Å².